The summed E-state index contributed by atoms with van der Waals surface area (Å²) in [4.78, 5) is 20.5. The topological polar surface area (TPSA) is 54.4 Å². The molecule has 1 N–H and O–H groups in total. The van der Waals surface area contributed by atoms with Crippen molar-refractivity contribution in [2.45, 2.75) is 13.8 Å². The van der Waals surface area contributed by atoms with Gasteiger partial charge in [-0.3, -0.25) is 9.59 Å². The van der Waals surface area contributed by atoms with Gasteiger partial charge in [-0.2, -0.15) is 0 Å². The van der Waals surface area contributed by atoms with Crippen LogP contribution < -0.4 is 0 Å². The van der Waals surface area contributed by atoms with Crippen molar-refractivity contribution in [1.29, 1.82) is 0 Å². The Morgan fingerprint density at radius 3 is 1.83 bits per heavy atom. The van der Waals surface area contributed by atoms with Gasteiger partial charge < -0.3 is 5.11 Å². The van der Waals surface area contributed by atoms with Crippen molar-refractivity contribution in [3.63, 3.8) is 0 Å². The smallest absolute Gasteiger partial charge is 0.314 e. The number of carboxylic acids is 1. The third-order valence-corrected chi connectivity index (χ3v) is 0.998. The van der Waals surface area contributed by atoms with E-state index in [2.05, 4.69) is 13.2 Å². The van der Waals surface area contributed by atoms with Crippen LogP contribution in [0, 0.1) is 5.92 Å². The van der Waals surface area contributed by atoms with Gasteiger partial charge in [0.05, 0.1) is 0 Å². The molecule has 12 heavy (non-hydrogen) atoms. The van der Waals surface area contributed by atoms with Gasteiger partial charge in [0.15, 0.2) is 5.78 Å². The lowest BCUT2D eigenvalue weighted by Gasteiger charge is -1.97. The first-order valence-electron chi connectivity index (χ1n) is 3.47. The summed E-state index contributed by atoms with van der Waals surface area (Å²) in [6, 6.07) is 0. The number of hydrogen-bond acceptors (Lipinski definition) is 2. The summed E-state index contributed by atoms with van der Waals surface area (Å²) in [7, 11) is 0. The number of carbonyl (C=O) groups is 2. The first kappa shape index (κ1) is 13.2. The maximum atomic E-state index is 10.5. The van der Waals surface area contributed by atoms with E-state index in [1.54, 1.807) is 6.08 Å². The van der Waals surface area contributed by atoms with Gasteiger partial charge in [-0.15, -0.1) is 6.58 Å². The zero-order valence-electron chi connectivity index (χ0n) is 7.41. The molecule has 1 atom stereocenters. The molecule has 0 amide bonds. The fraction of sp³-hybridized carbons (Fsp3) is 0.333. The molecule has 1 unspecified atom stereocenters. The minimum absolute atomic E-state index is 0.456. The average molecular weight is 170 g/mol. The minimum atomic E-state index is -1.11. The van der Waals surface area contributed by atoms with E-state index in [4.69, 9.17) is 5.11 Å². The van der Waals surface area contributed by atoms with E-state index in [1.165, 1.54) is 6.92 Å². The molecule has 3 nitrogen and oxygen atoms in total. The number of allylic oxidation sites excluding steroid dienone is 2. The second-order valence-corrected chi connectivity index (χ2v) is 2.07. The van der Waals surface area contributed by atoms with Crippen LogP contribution in [0.1, 0.15) is 13.8 Å². The SMILES string of the molecule is C=CC.C=CC(=O)C(C)C(=O)O. The number of hydrogen-bond donors (Lipinski definition) is 1. The van der Waals surface area contributed by atoms with Crippen LogP contribution in [0.15, 0.2) is 25.3 Å². The molecule has 0 saturated carbocycles. The minimum Gasteiger partial charge on any atom is -0.481 e. The van der Waals surface area contributed by atoms with E-state index in [0.717, 1.165) is 6.08 Å². The van der Waals surface area contributed by atoms with Crippen LogP contribution in [0.5, 0.6) is 0 Å². The number of aliphatic carboxylic acids is 1. The van der Waals surface area contributed by atoms with Crippen molar-refractivity contribution in [1.82, 2.24) is 0 Å². The molecule has 0 fully saturated rings. The van der Waals surface area contributed by atoms with E-state index in [-0.39, 0.29) is 0 Å². The van der Waals surface area contributed by atoms with Crippen LogP contribution in [0.2, 0.25) is 0 Å². The molecule has 0 aliphatic rings. The highest BCUT2D eigenvalue weighted by Gasteiger charge is 2.16. The van der Waals surface area contributed by atoms with Crippen LogP contribution in [-0.4, -0.2) is 16.9 Å². The molecule has 0 aromatic carbocycles. The van der Waals surface area contributed by atoms with Crippen molar-refractivity contribution in [3.05, 3.63) is 25.3 Å². The third-order valence-electron chi connectivity index (χ3n) is 0.998. The lowest BCUT2D eigenvalue weighted by molar-refractivity contribution is -0.144. The van der Waals surface area contributed by atoms with E-state index in [0.29, 0.717) is 0 Å². The van der Waals surface area contributed by atoms with Gasteiger partial charge in [0, 0.05) is 0 Å². The van der Waals surface area contributed by atoms with E-state index in [1.807, 2.05) is 6.92 Å². The lowest BCUT2D eigenvalue weighted by atomic mass is 10.1. The van der Waals surface area contributed by atoms with Gasteiger partial charge in [0.2, 0.25) is 0 Å². The van der Waals surface area contributed by atoms with Gasteiger partial charge in [-0.05, 0) is 19.9 Å². The number of ketones is 1. The highest BCUT2D eigenvalue weighted by Crippen LogP contribution is 1.95. The Bertz CT molecular complexity index is 182. The van der Waals surface area contributed by atoms with Crippen molar-refractivity contribution >= 4 is 11.8 Å². The van der Waals surface area contributed by atoms with Crippen LogP contribution in [0.4, 0.5) is 0 Å². The lowest BCUT2D eigenvalue weighted by Crippen LogP contribution is -2.17. The summed E-state index contributed by atoms with van der Waals surface area (Å²) in [6.07, 6.45) is 2.76. The normalized spacial score (nSPS) is 10.2. The van der Waals surface area contributed by atoms with Crippen LogP contribution in [-0.2, 0) is 9.59 Å². The monoisotopic (exact) mass is 170 g/mol. The summed E-state index contributed by atoms with van der Waals surface area (Å²) < 4.78 is 0. The molecule has 0 rings (SSSR count). The molecule has 0 spiro atoms. The quantitative estimate of drug-likeness (QED) is 0.398. The molecule has 0 aromatic heterocycles. The fourth-order valence-corrected chi connectivity index (χ4v) is 0.298. The fourth-order valence-electron chi connectivity index (χ4n) is 0.298. The Morgan fingerprint density at radius 1 is 1.42 bits per heavy atom. The first-order chi connectivity index (χ1) is 5.51. The van der Waals surface area contributed by atoms with Crippen molar-refractivity contribution in [3.8, 4) is 0 Å². The molecule has 0 aliphatic heterocycles. The number of carbonyl (C=O) groups excluding carboxylic acids is 1. The average Bonchev–Trinajstić information content (AvgIpc) is 2.03. The van der Waals surface area contributed by atoms with Gasteiger partial charge in [-0.25, -0.2) is 0 Å². The van der Waals surface area contributed by atoms with Crippen molar-refractivity contribution in [2.75, 3.05) is 0 Å². The summed E-state index contributed by atoms with van der Waals surface area (Å²) in [5.41, 5.74) is 0. The van der Waals surface area contributed by atoms with Crippen LogP contribution >= 0.6 is 0 Å². The molecule has 3 heteroatoms. The first-order valence-corrected chi connectivity index (χ1v) is 3.47. The summed E-state index contributed by atoms with van der Waals surface area (Å²) >= 11 is 0. The van der Waals surface area contributed by atoms with E-state index >= 15 is 0 Å². The highest BCUT2D eigenvalue weighted by molar-refractivity contribution is 6.03. The molecule has 0 aromatic rings. The largest absolute Gasteiger partial charge is 0.481 e. The predicted octanol–water partition coefficient (Wildman–Crippen LogP) is 1.65. The van der Waals surface area contributed by atoms with Crippen molar-refractivity contribution < 1.29 is 14.7 Å². The molecule has 0 heterocycles. The molecular weight excluding hydrogens is 156 g/mol. The van der Waals surface area contributed by atoms with Gasteiger partial charge in [0.1, 0.15) is 5.92 Å². The Morgan fingerprint density at radius 2 is 1.75 bits per heavy atom. The third kappa shape index (κ3) is 6.74. The molecule has 0 aliphatic carbocycles. The van der Waals surface area contributed by atoms with Crippen LogP contribution in [0.3, 0.4) is 0 Å². The maximum absolute atomic E-state index is 10.5. The molecule has 0 bridgehead atoms. The summed E-state index contributed by atoms with van der Waals surface area (Å²) in [5, 5.41) is 8.21. The summed E-state index contributed by atoms with van der Waals surface area (Å²) in [5.74, 6) is -2.52. The second kappa shape index (κ2) is 7.72. The van der Waals surface area contributed by atoms with E-state index < -0.39 is 17.7 Å². The van der Waals surface area contributed by atoms with Gasteiger partial charge in [0.25, 0.3) is 0 Å². The van der Waals surface area contributed by atoms with Gasteiger partial charge >= 0.3 is 5.97 Å². The zero-order valence-corrected chi connectivity index (χ0v) is 7.41. The molecule has 68 valence electrons. The molecule has 0 radical (unpaired) electrons. The predicted molar refractivity (Wildman–Crippen MR) is 47.9 cm³/mol. The Kier molecular flexibility index (Phi) is 8.51. The summed E-state index contributed by atoms with van der Waals surface area (Å²) in [6.45, 7) is 9.73. The standard InChI is InChI=1S/C6H8O3.C3H6/c1-3-5(7)4(2)6(8)9;1-3-2/h3-4H,1H2,2H3,(H,8,9);3H,1H2,2H3. The second-order valence-electron chi connectivity index (χ2n) is 2.07. The molecule has 0 saturated heterocycles. The van der Waals surface area contributed by atoms with Crippen LogP contribution in [0.25, 0.3) is 0 Å². The maximum Gasteiger partial charge on any atom is 0.314 e. The highest BCUT2D eigenvalue weighted by atomic mass is 16.4. The van der Waals surface area contributed by atoms with Crippen molar-refractivity contribution in [2.24, 2.45) is 5.92 Å². The number of carboxylic acid groups (broad SMARTS) is 1. The molecular formula is C9H14O3. The number of rotatable bonds is 3. The Hall–Kier alpha value is -1.38. The Labute approximate surface area is 72.4 Å². The zero-order chi connectivity index (χ0) is 10.1. The Balaban J connectivity index is 0. The van der Waals surface area contributed by atoms with E-state index in [9.17, 15) is 9.59 Å². The van der Waals surface area contributed by atoms with Gasteiger partial charge in [-0.1, -0.05) is 12.7 Å².